The van der Waals surface area contributed by atoms with Crippen LogP contribution in [0.1, 0.15) is 82.5 Å². The van der Waals surface area contributed by atoms with Crippen LogP contribution in [0, 0.1) is 5.41 Å². The minimum atomic E-state index is -0.472. The molecule has 5 nitrogen and oxygen atoms in total. The highest BCUT2D eigenvalue weighted by Crippen LogP contribution is 2.35. The largest absolute Gasteiger partial charge is 0.350 e. The Labute approximate surface area is 175 Å². The molecule has 0 aromatic heterocycles. The minimum absolute atomic E-state index is 0.0543. The zero-order valence-corrected chi connectivity index (χ0v) is 18.4. The Hall–Kier alpha value is -1.88. The van der Waals surface area contributed by atoms with Crippen LogP contribution in [0.5, 0.6) is 0 Å². The van der Waals surface area contributed by atoms with Gasteiger partial charge in [-0.25, -0.2) is 0 Å². The van der Waals surface area contributed by atoms with Crippen molar-refractivity contribution in [3.05, 3.63) is 29.8 Å². The first-order valence-corrected chi connectivity index (χ1v) is 11.2. The number of carbonyl (C=O) groups is 2. The summed E-state index contributed by atoms with van der Waals surface area (Å²) >= 11 is 0. The molecule has 0 unspecified atom stereocenters. The molecule has 2 amide bonds. The van der Waals surface area contributed by atoms with E-state index in [0.717, 1.165) is 13.1 Å². The summed E-state index contributed by atoms with van der Waals surface area (Å²) in [5.74, 6) is -0.111. The fourth-order valence-electron chi connectivity index (χ4n) is 4.59. The maximum atomic E-state index is 12.9. The van der Waals surface area contributed by atoms with Crippen molar-refractivity contribution in [2.45, 2.75) is 77.7 Å². The highest BCUT2D eigenvalue weighted by atomic mass is 16.2. The lowest BCUT2D eigenvalue weighted by atomic mass is 9.79. The maximum Gasteiger partial charge on any atom is 0.251 e. The van der Waals surface area contributed by atoms with Gasteiger partial charge in [-0.15, -0.1) is 0 Å². The second kappa shape index (κ2) is 9.29. The van der Waals surface area contributed by atoms with Crippen LogP contribution in [0.2, 0.25) is 0 Å². The third-order valence-corrected chi connectivity index (χ3v) is 6.45. The number of amides is 2. The van der Waals surface area contributed by atoms with Gasteiger partial charge in [-0.05, 0) is 57.0 Å². The quantitative estimate of drug-likeness (QED) is 0.761. The van der Waals surface area contributed by atoms with E-state index in [0.29, 0.717) is 17.8 Å². The van der Waals surface area contributed by atoms with Crippen LogP contribution in [0.4, 0.5) is 5.69 Å². The van der Waals surface area contributed by atoms with Crippen molar-refractivity contribution >= 4 is 17.5 Å². The molecule has 1 aliphatic carbocycles. The molecule has 1 heterocycles. The van der Waals surface area contributed by atoms with Crippen LogP contribution in [-0.2, 0) is 4.79 Å². The summed E-state index contributed by atoms with van der Waals surface area (Å²) in [6, 6.07) is 7.24. The van der Waals surface area contributed by atoms with E-state index in [2.05, 4.69) is 15.5 Å². The zero-order chi connectivity index (χ0) is 20.9. The van der Waals surface area contributed by atoms with Crippen molar-refractivity contribution in [1.29, 1.82) is 0 Å². The number of hydrogen-bond donors (Lipinski definition) is 2. The second-order valence-electron chi connectivity index (χ2n) is 9.80. The Balaban J connectivity index is 1.65. The average molecular weight is 400 g/mol. The van der Waals surface area contributed by atoms with Crippen molar-refractivity contribution in [3.63, 3.8) is 0 Å². The van der Waals surface area contributed by atoms with Crippen molar-refractivity contribution in [2.75, 3.05) is 25.0 Å². The summed E-state index contributed by atoms with van der Waals surface area (Å²) in [4.78, 5) is 27.8. The Morgan fingerprint density at radius 2 is 1.66 bits per heavy atom. The predicted octanol–water partition coefficient (Wildman–Crippen LogP) is 4.59. The highest BCUT2D eigenvalue weighted by molar-refractivity contribution is 5.98. The van der Waals surface area contributed by atoms with Gasteiger partial charge >= 0.3 is 0 Å². The molecule has 0 atom stereocenters. The van der Waals surface area contributed by atoms with E-state index in [1.807, 2.05) is 39.0 Å². The van der Waals surface area contributed by atoms with Crippen molar-refractivity contribution in [1.82, 2.24) is 10.2 Å². The predicted molar refractivity (Wildman–Crippen MR) is 118 cm³/mol. The van der Waals surface area contributed by atoms with E-state index in [1.165, 1.54) is 51.4 Å². The van der Waals surface area contributed by atoms with E-state index in [1.54, 1.807) is 6.07 Å². The van der Waals surface area contributed by atoms with E-state index < -0.39 is 5.41 Å². The molecule has 0 spiro atoms. The van der Waals surface area contributed by atoms with Crippen LogP contribution < -0.4 is 10.6 Å². The van der Waals surface area contributed by atoms with Gasteiger partial charge in [-0.2, -0.15) is 0 Å². The molecule has 29 heavy (non-hydrogen) atoms. The Bertz CT molecular complexity index is 711. The first-order chi connectivity index (χ1) is 13.8. The van der Waals surface area contributed by atoms with Crippen LogP contribution in [0.15, 0.2) is 24.3 Å². The lowest BCUT2D eigenvalue weighted by Gasteiger charge is -2.48. The number of hydrogen-bond acceptors (Lipinski definition) is 3. The molecular weight excluding hydrogens is 362 g/mol. The number of anilines is 1. The van der Waals surface area contributed by atoms with Gasteiger partial charge < -0.3 is 10.6 Å². The van der Waals surface area contributed by atoms with Gasteiger partial charge in [-0.3, -0.25) is 14.5 Å². The number of benzene rings is 1. The minimum Gasteiger partial charge on any atom is -0.350 e. The number of likely N-dealkylation sites (tertiary alicyclic amines) is 1. The normalized spacial score (nSPS) is 20.1. The fourth-order valence-corrected chi connectivity index (χ4v) is 4.59. The van der Waals surface area contributed by atoms with E-state index in [4.69, 9.17) is 0 Å². The molecule has 0 radical (unpaired) electrons. The molecule has 1 saturated heterocycles. The molecule has 1 aliphatic heterocycles. The van der Waals surface area contributed by atoms with Crippen LogP contribution in [0.3, 0.4) is 0 Å². The molecule has 160 valence electrons. The van der Waals surface area contributed by atoms with Crippen LogP contribution in [0.25, 0.3) is 0 Å². The summed E-state index contributed by atoms with van der Waals surface area (Å²) in [7, 11) is 0. The summed E-state index contributed by atoms with van der Waals surface area (Å²) < 4.78 is 0. The Morgan fingerprint density at radius 3 is 2.31 bits per heavy atom. The first kappa shape index (κ1) is 21.8. The molecule has 1 aromatic rings. The molecule has 2 fully saturated rings. The third kappa shape index (κ3) is 5.59. The standard InChI is InChI=1S/C24H37N3O2/c1-23(2,3)22(29)26-20-12-10-11-19(17-20)21(28)25-18-24(13-6-4-7-14-24)27-15-8-5-9-16-27/h10-12,17H,4-9,13-16,18H2,1-3H3,(H,25,28)(H,26,29). The molecule has 0 bridgehead atoms. The lowest BCUT2D eigenvalue weighted by Crippen LogP contribution is -2.58. The maximum absolute atomic E-state index is 12.9. The number of piperidine rings is 1. The Morgan fingerprint density at radius 1 is 1.00 bits per heavy atom. The van der Waals surface area contributed by atoms with Crippen LogP contribution in [-0.4, -0.2) is 41.9 Å². The summed E-state index contributed by atoms with van der Waals surface area (Å²) in [5.41, 5.74) is 0.911. The number of rotatable bonds is 5. The molecule has 2 N–H and O–H groups in total. The first-order valence-electron chi connectivity index (χ1n) is 11.2. The summed E-state index contributed by atoms with van der Waals surface area (Å²) in [6.07, 6.45) is 10.0. The average Bonchev–Trinajstić information content (AvgIpc) is 2.73. The molecule has 2 aliphatic rings. The van der Waals surface area contributed by atoms with Crippen molar-refractivity contribution in [3.8, 4) is 0 Å². The van der Waals surface area contributed by atoms with Gasteiger partial charge in [0.25, 0.3) is 5.91 Å². The van der Waals surface area contributed by atoms with Gasteiger partial charge in [0.05, 0.1) is 0 Å². The lowest BCUT2D eigenvalue weighted by molar-refractivity contribution is -0.123. The number of nitrogens with zero attached hydrogens (tertiary/aromatic N) is 1. The smallest absolute Gasteiger partial charge is 0.251 e. The Kier molecular flexibility index (Phi) is 6.99. The summed E-state index contributed by atoms with van der Waals surface area (Å²) in [5, 5.41) is 6.14. The second-order valence-corrected chi connectivity index (χ2v) is 9.80. The number of nitrogens with one attached hydrogen (secondary N) is 2. The van der Waals surface area contributed by atoms with Gasteiger partial charge in [0, 0.05) is 28.7 Å². The van der Waals surface area contributed by atoms with Crippen LogP contribution >= 0.6 is 0 Å². The van der Waals surface area contributed by atoms with Crippen molar-refractivity contribution in [2.24, 2.45) is 5.41 Å². The van der Waals surface area contributed by atoms with Gasteiger partial charge in [0.2, 0.25) is 5.91 Å². The van der Waals surface area contributed by atoms with Gasteiger partial charge in [-0.1, -0.05) is 52.5 Å². The molecule has 1 aromatic carbocycles. The topological polar surface area (TPSA) is 61.4 Å². The fraction of sp³-hybridized carbons (Fsp3) is 0.667. The van der Waals surface area contributed by atoms with E-state index >= 15 is 0 Å². The highest BCUT2D eigenvalue weighted by Gasteiger charge is 2.38. The van der Waals surface area contributed by atoms with Gasteiger partial charge in [0.1, 0.15) is 0 Å². The monoisotopic (exact) mass is 399 g/mol. The van der Waals surface area contributed by atoms with Crippen molar-refractivity contribution < 1.29 is 9.59 Å². The number of carbonyl (C=O) groups excluding carboxylic acids is 2. The van der Waals surface area contributed by atoms with E-state index in [-0.39, 0.29) is 17.4 Å². The van der Waals surface area contributed by atoms with Gasteiger partial charge in [0.15, 0.2) is 0 Å². The third-order valence-electron chi connectivity index (χ3n) is 6.45. The SMILES string of the molecule is CC(C)(C)C(=O)Nc1cccc(C(=O)NCC2(N3CCCCC3)CCCCC2)c1. The zero-order valence-electron chi connectivity index (χ0n) is 18.4. The molecule has 5 heteroatoms. The molecular formula is C24H37N3O2. The van der Waals surface area contributed by atoms with E-state index in [9.17, 15) is 9.59 Å². The molecule has 1 saturated carbocycles. The summed E-state index contributed by atoms with van der Waals surface area (Å²) in [6.45, 7) is 8.66. The molecule has 3 rings (SSSR count).